The molecule has 1 aromatic heterocycles. The molecule has 2 amide bonds. The minimum absolute atomic E-state index is 0.194. The van der Waals surface area contributed by atoms with E-state index in [1.54, 1.807) is 30.3 Å². The summed E-state index contributed by atoms with van der Waals surface area (Å²) in [6.07, 6.45) is 0. The van der Waals surface area contributed by atoms with Crippen molar-refractivity contribution < 1.29 is 9.59 Å². The number of benzene rings is 1. The molecule has 1 aromatic carbocycles. The van der Waals surface area contributed by atoms with Gasteiger partial charge in [0.05, 0.1) is 16.1 Å². The standard InChI is InChI=1S/C16H19N3O2S/c1-2-17-9-10-18-15(20)12-6-3-4-7-13(12)19-16(21)14-8-5-11-22-14/h3-8,11,17H,2,9-10H2,1H3,(H,18,20)(H,19,21). The van der Waals surface area contributed by atoms with Gasteiger partial charge in [-0.25, -0.2) is 0 Å². The minimum Gasteiger partial charge on any atom is -0.351 e. The summed E-state index contributed by atoms with van der Waals surface area (Å²) in [4.78, 5) is 24.9. The number of hydrogen-bond donors (Lipinski definition) is 3. The molecule has 0 spiro atoms. The van der Waals surface area contributed by atoms with Crippen LogP contribution in [0.4, 0.5) is 5.69 Å². The highest BCUT2D eigenvalue weighted by molar-refractivity contribution is 7.12. The zero-order valence-electron chi connectivity index (χ0n) is 12.4. The van der Waals surface area contributed by atoms with Crippen LogP contribution in [-0.4, -0.2) is 31.4 Å². The quantitative estimate of drug-likeness (QED) is 0.687. The van der Waals surface area contributed by atoms with E-state index in [0.717, 1.165) is 6.54 Å². The van der Waals surface area contributed by atoms with Gasteiger partial charge < -0.3 is 16.0 Å². The first-order chi connectivity index (χ1) is 10.7. The molecule has 116 valence electrons. The van der Waals surface area contributed by atoms with Crippen molar-refractivity contribution in [3.8, 4) is 0 Å². The van der Waals surface area contributed by atoms with E-state index in [1.165, 1.54) is 11.3 Å². The van der Waals surface area contributed by atoms with Crippen molar-refractivity contribution in [3.05, 3.63) is 52.2 Å². The predicted octanol–water partition coefficient (Wildman–Crippen LogP) is 2.34. The Bertz CT molecular complexity index is 626. The van der Waals surface area contributed by atoms with Gasteiger partial charge in [0.15, 0.2) is 0 Å². The van der Waals surface area contributed by atoms with Crippen LogP contribution in [0.25, 0.3) is 0 Å². The van der Waals surface area contributed by atoms with Gasteiger partial charge in [0, 0.05) is 13.1 Å². The van der Waals surface area contributed by atoms with Crippen molar-refractivity contribution in [1.82, 2.24) is 10.6 Å². The molecule has 0 aliphatic heterocycles. The Morgan fingerprint density at radius 2 is 1.86 bits per heavy atom. The lowest BCUT2D eigenvalue weighted by atomic mass is 10.1. The molecule has 2 rings (SSSR count). The smallest absolute Gasteiger partial charge is 0.265 e. The van der Waals surface area contributed by atoms with Crippen molar-refractivity contribution in [1.29, 1.82) is 0 Å². The van der Waals surface area contributed by atoms with Gasteiger partial charge in [0.2, 0.25) is 0 Å². The molecule has 6 heteroatoms. The molecule has 0 saturated carbocycles. The highest BCUT2D eigenvalue weighted by atomic mass is 32.1. The molecule has 3 N–H and O–H groups in total. The highest BCUT2D eigenvalue weighted by Crippen LogP contribution is 2.17. The number of rotatable bonds is 7. The first kappa shape index (κ1) is 16.2. The van der Waals surface area contributed by atoms with Crippen LogP contribution < -0.4 is 16.0 Å². The summed E-state index contributed by atoms with van der Waals surface area (Å²) in [7, 11) is 0. The Hall–Kier alpha value is -2.18. The molecule has 0 aliphatic rings. The summed E-state index contributed by atoms with van der Waals surface area (Å²) < 4.78 is 0. The van der Waals surface area contributed by atoms with Gasteiger partial charge in [-0.2, -0.15) is 0 Å². The molecule has 0 atom stereocenters. The molecule has 0 saturated heterocycles. The monoisotopic (exact) mass is 317 g/mol. The highest BCUT2D eigenvalue weighted by Gasteiger charge is 2.14. The van der Waals surface area contributed by atoms with Crippen molar-refractivity contribution in [2.45, 2.75) is 6.92 Å². The third-order valence-corrected chi connectivity index (χ3v) is 3.87. The maximum Gasteiger partial charge on any atom is 0.265 e. The Balaban J connectivity index is 2.03. The summed E-state index contributed by atoms with van der Waals surface area (Å²) in [6.45, 7) is 4.13. The fourth-order valence-electron chi connectivity index (χ4n) is 1.92. The van der Waals surface area contributed by atoms with Gasteiger partial charge in [-0.05, 0) is 30.1 Å². The molecule has 0 radical (unpaired) electrons. The minimum atomic E-state index is -0.206. The van der Waals surface area contributed by atoms with Crippen molar-refractivity contribution in [3.63, 3.8) is 0 Å². The second-order valence-corrected chi connectivity index (χ2v) is 5.53. The molecule has 22 heavy (non-hydrogen) atoms. The number of thiophene rings is 1. The average molecular weight is 317 g/mol. The van der Waals surface area contributed by atoms with Crippen LogP contribution in [0.3, 0.4) is 0 Å². The Morgan fingerprint density at radius 3 is 2.59 bits per heavy atom. The van der Waals surface area contributed by atoms with Gasteiger partial charge in [-0.1, -0.05) is 25.1 Å². The van der Waals surface area contributed by atoms with Crippen LogP contribution in [0.5, 0.6) is 0 Å². The molecule has 5 nitrogen and oxygen atoms in total. The third-order valence-electron chi connectivity index (χ3n) is 3.00. The topological polar surface area (TPSA) is 70.2 Å². The zero-order chi connectivity index (χ0) is 15.8. The lowest BCUT2D eigenvalue weighted by Crippen LogP contribution is -2.32. The third kappa shape index (κ3) is 4.41. The fraction of sp³-hybridized carbons (Fsp3) is 0.250. The van der Waals surface area contributed by atoms with Crippen molar-refractivity contribution in [2.24, 2.45) is 0 Å². The molecule has 0 bridgehead atoms. The van der Waals surface area contributed by atoms with E-state index in [9.17, 15) is 9.59 Å². The van der Waals surface area contributed by atoms with Crippen LogP contribution in [0.2, 0.25) is 0 Å². The molecule has 0 aliphatic carbocycles. The Labute approximate surface area is 133 Å². The molecule has 2 aromatic rings. The summed E-state index contributed by atoms with van der Waals surface area (Å²) in [5.41, 5.74) is 0.978. The number of amides is 2. The number of nitrogens with one attached hydrogen (secondary N) is 3. The number of likely N-dealkylation sites (N-methyl/N-ethyl adjacent to an activating group) is 1. The maximum atomic E-state index is 12.2. The van der Waals surface area contributed by atoms with Crippen LogP contribution >= 0.6 is 11.3 Å². The van der Waals surface area contributed by atoms with E-state index < -0.39 is 0 Å². The second-order valence-electron chi connectivity index (χ2n) is 4.59. The normalized spacial score (nSPS) is 10.2. The number of carbonyl (C=O) groups is 2. The first-order valence-electron chi connectivity index (χ1n) is 7.15. The van der Waals surface area contributed by atoms with Crippen LogP contribution in [0.15, 0.2) is 41.8 Å². The van der Waals surface area contributed by atoms with Gasteiger partial charge in [-0.3, -0.25) is 9.59 Å². The van der Waals surface area contributed by atoms with Crippen LogP contribution in [0.1, 0.15) is 27.0 Å². The Morgan fingerprint density at radius 1 is 1.05 bits per heavy atom. The van der Waals surface area contributed by atoms with E-state index in [2.05, 4.69) is 16.0 Å². The summed E-state index contributed by atoms with van der Waals surface area (Å²) in [5, 5.41) is 10.6. The number of para-hydroxylation sites is 1. The van der Waals surface area contributed by atoms with Crippen molar-refractivity contribution in [2.75, 3.05) is 25.0 Å². The van der Waals surface area contributed by atoms with E-state index >= 15 is 0 Å². The number of hydrogen-bond acceptors (Lipinski definition) is 4. The molecule has 0 unspecified atom stereocenters. The molecular formula is C16H19N3O2S. The SMILES string of the molecule is CCNCCNC(=O)c1ccccc1NC(=O)c1cccs1. The zero-order valence-corrected chi connectivity index (χ0v) is 13.2. The van der Waals surface area contributed by atoms with E-state index in [0.29, 0.717) is 29.2 Å². The van der Waals surface area contributed by atoms with Crippen molar-refractivity contribution >= 4 is 28.8 Å². The van der Waals surface area contributed by atoms with E-state index in [4.69, 9.17) is 0 Å². The van der Waals surface area contributed by atoms with Crippen LogP contribution in [-0.2, 0) is 0 Å². The van der Waals surface area contributed by atoms with Gasteiger partial charge in [0.1, 0.15) is 0 Å². The van der Waals surface area contributed by atoms with Gasteiger partial charge in [-0.15, -0.1) is 11.3 Å². The summed E-state index contributed by atoms with van der Waals surface area (Å²) in [6, 6.07) is 10.6. The van der Waals surface area contributed by atoms with E-state index in [-0.39, 0.29) is 11.8 Å². The number of carbonyl (C=O) groups excluding carboxylic acids is 2. The molecule has 0 fully saturated rings. The van der Waals surface area contributed by atoms with E-state index in [1.807, 2.05) is 18.4 Å². The largest absolute Gasteiger partial charge is 0.351 e. The summed E-state index contributed by atoms with van der Waals surface area (Å²) in [5.74, 6) is -0.400. The average Bonchev–Trinajstić information content (AvgIpc) is 3.06. The van der Waals surface area contributed by atoms with Gasteiger partial charge in [0.25, 0.3) is 11.8 Å². The fourth-order valence-corrected chi connectivity index (χ4v) is 2.54. The lowest BCUT2D eigenvalue weighted by molar-refractivity contribution is 0.0955. The maximum absolute atomic E-state index is 12.2. The van der Waals surface area contributed by atoms with Crippen LogP contribution in [0, 0.1) is 0 Å². The summed E-state index contributed by atoms with van der Waals surface area (Å²) >= 11 is 1.36. The molecular weight excluding hydrogens is 298 g/mol. The number of anilines is 1. The lowest BCUT2D eigenvalue weighted by Gasteiger charge is -2.11. The van der Waals surface area contributed by atoms with Gasteiger partial charge >= 0.3 is 0 Å². The predicted molar refractivity (Wildman–Crippen MR) is 89.6 cm³/mol. The Kier molecular flexibility index (Phi) is 6.12. The molecule has 1 heterocycles. The first-order valence-corrected chi connectivity index (χ1v) is 8.03. The second kappa shape index (κ2) is 8.31.